The lowest BCUT2D eigenvalue weighted by Crippen LogP contribution is -2.48. The Kier molecular flexibility index (Phi) is 6.97. The Bertz CT molecular complexity index is 748. The number of morpholine rings is 1. The third kappa shape index (κ3) is 5.81. The molecule has 9 heteroatoms. The Morgan fingerprint density at radius 3 is 2.63 bits per heavy atom. The summed E-state index contributed by atoms with van der Waals surface area (Å²) in [6.45, 7) is 3.82. The fraction of sp³-hybridized carbons (Fsp3) is 0.611. The van der Waals surface area contributed by atoms with E-state index in [4.69, 9.17) is 16.3 Å². The van der Waals surface area contributed by atoms with Crippen LogP contribution in [0.4, 0.5) is 0 Å². The van der Waals surface area contributed by atoms with Crippen molar-refractivity contribution in [2.75, 3.05) is 51.4 Å². The number of hydrogen-bond donors (Lipinski definition) is 2. The van der Waals surface area contributed by atoms with Crippen molar-refractivity contribution < 1.29 is 13.2 Å². The highest BCUT2D eigenvalue weighted by Crippen LogP contribution is 2.23. The quantitative estimate of drug-likeness (QED) is 0.554. The maximum absolute atomic E-state index is 11.7. The first-order valence-electron chi connectivity index (χ1n) is 9.22. The van der Waals surface area contributed by atoms with Crippen LogP contribution in [0.15, 0.2) is 29.3 Å². The number of rotatable bonds is 5. The van der Waals surface area contributed by atoms with Crippen molar-refractivity contribution in [2.45, 2.75) is 18.5 Å². The lowest BCUT2D eigenvalue weighted by atomic mass is 10.0. The number of halogens is 1. The minimum absolute atomic E-state index is 0.0847. The van der Waals surface area contributed by atoms with Crippen molar-refractivity contribution in [3.05, 3.63) is 34.9 Å². The van der Waals surface area contributed by atoms with Crippen LogP contribution in [0.1, 0.15) is 18.0 Å². The number of hydrogen-bond acceptors (Lipinski definition) is 5. The largest absolute Gasteiger partial charge is 0.379 e. The first kappa shape index (κ1) is 20.4. The molecule has 0 bridgehead atoms. The van der Waals surface area contributed by atoms with Gasteiger partial charge in [-0.25, -0.2) is 8.42 Å². The highest BCUT2D eigenvalue weighted by Gasteiger charge is 2.29. The van der Waals surface area contributed by atoms with E-state index in [1.165, 1.54) is 5.56 Å². The molecule has 2 aliphatic heterocycles. The van der Waals surface area contributed by atoms with E-state index in [0.717, 1.165) is 26.3 Å². The van der Waals surface area contributed by atoms with Crippen molar-refractivity contribution in [3.8, 4) is 0 Å². The monoisotopic (exact) mass is 414 g/mol. The van der Waals surface area contributed by atoms with Crippen LogP contribution in [0.25, 0.3) is 0 Å². The Balaban J connectivity index is 1.65. The number of guanidine groups is 1. The summed E-state index contributed by atoms with van der Waals surface area (Å²) in [5.74, 6) is 1.03. The van der Waals surface area contributed by atoms with Gasteiger partial charge >= 0.3 is 0 Å². The molecule has 0 spiro atoms. The van der Waals surface area contributed by atoms with Gasteiger partial charge in [-0.15, -0.1) is 0 Å². The summed E-state index contributed by atoms with van der Waals surface area (Å²) in [7, 11) is -1.23. The molecular weight excluding hydrogens is 388 g/mol. The highest BCUT2D eigenvalue weighted by molar-refractivity contribution is 7.91. The van der Waals surface area contributed by atoms with Gasteiger partial charge in [-0.05, 0) is 24.1 Å². The molecule has 2 atom stereocenters. The summed E-state index contributed by atoms with van der Waals surface area (Å²) in [6.07, 6.45) is 0.618. The zero-order valence-corrected chi connectivity index (χ0v) is 17.1. The van der Waals surface area contributed by atoms with Gasteiger partial charge in [0.15, 0.2) is 15.8 Å². The lowest BCUT2D eigenvalue weighted by Gasteiger charge is -2.35. The van der Waals surface area contributed by atoms with Gasteiger partial charge in [0.25, 0.3) is 0 Å². The van der Waals surface area contributed by atoms with E-state index in [2.05, 4.69) is 20.5 Å². The molecule has 1 aromatic rings. The van der Waals surface area contributed by atoms with E-state index in [-0.39, 0.29) is 23.6 Å². The number of nitrogens with one attached hydrogen (secondary N) is 2. The molecule has 0 radical (unpaired) electrons. The topological polar surface area (TPSA) is 83.0 Å². The van der Waals surface area contributed by atoms with E-state index in [9.17, 15) is 8.42 Å². The molecule has 150 valence electrons. The molecule has 2 aliphatic rings. The van der Waals surface area contributed by atoms with Crippen molar-refractivity contribution in [1.82, 2.24) is 15.5 Å². The average Bonchev–Trinajstić information content (AvgIpc) is 3.01. The van der Waals surface area contributed by atoms with Gasteiger partial charge in [0.05, 0.1) is 30.8 Å². The van der Waals surface area contributed by atoms with E-state index < -0.39 is 9.84 Å². The third-order valence-electron chi connectivity index (χ3n) is 5.00. The number of ether oxygens (including phenoxy) is 1. The van der Waals surface area contributed by atoms with Crippen LogP contribution in [0, 0.1) is 0 Å². The number of benzene rings is 1. The van der Waals surface area contributed by atoms with E-state index in [1.807, 2.05) is 24.3 Å². The second-order valence-electron chi connectivity index (χ2n) is 6.91. The van der Waals surface area contributed by atoms with Gasteiger partial charge in [-0.1, -0.05) is 23.7 Å². The summed E-state index contributed by atoms with van der Waals surface area (Å²) in [5.41, 5.74) is 1.17. The molecule has 2 unspecified atom stereocenters. The molecule has 0 aliphatic carbocycles. The van der Waals surface area contributed by atoms with Crippen LogP contribution in [0.5, 0.6) is 0 Å². The third-order valence-corrected chi connectivity index (χ3v) is 7.02. The van der Waals surface area contributed by atoms with Crippen molar-refractivity contribution >= 4 is 27.4 Å². The number of sulfone groups is 1. The molecule has 27 heavy (non-hydrogen) atoms. The summed E-state index contributed by atoms with van der Waals surface area (Å²) >= 11 is 6.04. The lowest BCUT2D eigenvalue weighted by molar-refractivity contribution is 0.0170. The van der Waals surface area contributed by atoms with E-state index >= 15 is 0 Å². The Hall–Kier alpha value is -1.35. The van der Waals surface area contributed by atoms with Gasteiger partial charge < -0.3 is 15.4 Å². The van der Waals surface area contributed by atoms with Crippen LogP contribution in [0.2, 0.25) is 5.02 Å². The standard InChI is InChI=1S/C18H27ClN4O3S/c1-20-18(22-16-6-11-27(24,25)13-16)21-12-17(23-7-9-26-10-8-23)14-2-4-15(19)5-3-14/h2-5,16-17H,6-13H2,1H3,(H2,20,21,22). The maximum Gasteiger partial charge on any atom is 0.191 e. The first-order valence-corrected chi connectivity index (χ1v) is 11.4. The second-order valence-corrected chi connectivity index (χ2v) is 9.58. The van der Waals surface area contributed by atoms with E-state index in [0.29, 0.717) is 23.9 Å². The van der Waals surface area contributed by atoms with Gasteiger partial charge in [-0.3, -0.25) is 9.89 Å². The molecule has 0 saturated carbocycles. The molecule has 2 saturated heterocycles. The second kappa shape index (κ2) is 9.23. The molecule has 2 heterocycles. The van der Waals surface area contributed by atoms with Crippen LogP contribution in [-0.4, -0.2) is 76.7 Å². The minimum atomic E-state index is -2.92. The first-order chi connectivity index (χ1) is 13.0. The molecule has 1 aromatic carbocycles. The van der Waals surface area contributed by atoms with Crippen LogP contribution >= 0.6 is 11.6 Å². The number of aliphatic imine (C=N–C) groups is 1. The Labute approximate surface area is 166 Å². The van der Waals surface area contributed by atoms with Gasteiger partial charge in [0.1, 0.15) is 0 Å². The van der Waals surface area contributed by atoms with Gasteiger partial charge in [0.2, 0.25) is 0 Å². The maximum atomic E-state index is 11.7. The molecule has 0 amide bonds. The molecule has 0 aromatic heterocycles. The Morgan fingerprint density at radius 1 is 1.33 bits per heavy atom. The van der Waals surface area contributed by atoms with E-state index in [1.54, 1.807) is 7.05 Å². The molecule has 7 nitrogen and oxygen atoms in total. The zero-order chi connectivity index (χ0) is 19.3. The Morgan fingerprint density at radius 2 is 2.04 bits per heavy atom. The molecular formula is C18H27ClN4O3S. The van der Waals surface area contributed by atoms with Crippen LogP contribution < -0.4 is 10.6 Å². The summed E-state index contributed by atoms with van der Waals surface area (Å²) < 4.78 is 28.8. The van der Waals surface area contributed by atoms with Crippen molar-refractivity contribution in [1.29, 1.82) is 0 Å². The number of nitrogens with zero attached hydrogens (tertiary/aromatic N) is 2. The predicted molar refractivity (Wildman–Crippen MR) is 108 cm³/mol. The van der Waals surface area contributed by atoms with Crippen LogP contribution in [-0.2, 0) is 14.6 Å². The fourth-order valence-corrected chi connectivity index (χ4v) is 5.32. The average molecular weight is 415 g/mol. The SMILES string of the molecule is CN=C(NCC(c1ccc(Cl)cc1)N1CCOCC1)NC1CCS(=O)(=O)C1. The van der Waals surface area contributed by atoms with Gasteiger partial charge in [-0.2, -0.15) is 0 Å². The summed E-state index contributed by atoms with van der Waals surface area (Å²) in [5, 5.41) is 7.31. The summed E-state index contributed by atoms with van der Waals surface area (Å²) in [6, 6.07) is 7.96. The molecule has 2 fully saturated rings. The normalized spacial score (nSPS) is 24.5. The minimum Gasteiger partial charge on any atom is -0.379 e. The predicted octanol–water partition coefficient (Wildman–Crippen LogP) is 1.07. The highest BCUT2D eigenvalue weighted by atomic mass is 35.5. The zero-order valence-electron chi connectivity index (χ0n) is 15.5. The molecule has 3 rings (SSSR count). The smallest absolute Gasteiger partial charge is 0.191 e. The van der Waals surface area contributed by atoms with Crippen molar-refractivity contribution in [2.24, 2.45) is 4.99 Å². The van der Waals surface area contributed by atoms with Crippen LogP contribution in [0.3, 0.4) is 0 Å². The fourth-order valence-electron chi connectivity index (χ4n) is 3.52. The van der Waals surface area contributed by atoms with Crippen molar-refractivity contribution in [3.63, 3.8) is 0 Å². The van der Waals surface area contributed by atoms with Gasteiger partial charge in [0, 0.05) is 37.7 Å². The summed E-state index contributed by atoms with van der Waals surface area (Å²) in [4.78, 5) is 6.64. The molecule has 2 N–H and O–H groups in total.